The molecule has 1 saturated heterocycles. The summed E-state index contributed by atoms with van der Waals surface area (Å²) >= 11 is 0. The number of aliphatic hydroxyl groups excluding tert-OH is 2. The van der Waals surface area contributed by atoms with Gasteiger partial charge in [0.15, 0.2) is 12.1 Å². The minimum absolute atomic E-state index is 0.0156. The Labute approximate surface area is 221 Å². The lowest BCUT2D eigenvalue weighted by Gasteiger charge is -2.44. The zero-order chi connectivity index (χ0) is 27.7. The second kappa shape index (κ2) is 15.1. The van der Waals surface area contributed by atoms with Gasteiger partial charge in [0.25, 0.3) is 0 Å². The Morgan fingerprint density at radius 1 is 1.05 bits per heavy atom. The molecule has 0 aromatic carbocycles. The van der Waals surface area contributed by atoms with E-state index in [2.05, 4.69) is 0 Å². The van der Waals surface area contributed by atoms with E-state index < -0.39 is 42.8 Å². The van der Waals surface area contributed by atoms with Gasteiger partial charge in [-0.15, -0.1) is 0 Å². The van der Waals surface area contributed by atoms with Crippen molar-refractivity contribution in [2.45, 2.75) is 109 Å². The van der Waals surface area contributed by atoms with Crippen molar-refractivity contribution in [1.29, 1.82) is 0 Å². The van der Waals surface area contributed by atoms with Crippen LogP contribution in [0, 0.1) is 11.8 Å². The standard InChI is InChI=1S/C28H47NO8/c1-8-20-14-17(2)22(30)13-11-9-10-12-18(3)35-24(32)16-23(31)27(34-7)26(20)37-28-25(33)21(29(5)6)15-19(4)36-28/h9-11,13,17-21,23,25-28,31,33H,8,12,14-16H2,1-7H3/b10-9+,13-11+/t17-,18-,19+,20+,21-,23-,25+,26+,27+,28+/m1/s1. The smallest absolute Gasteiger partial charge is 0.308 e. The number of likely N-dealkylation sites (N-methyl/N-ethyl adjacent to an activating group) is 1. The van der Waals surface area contributed by atoms with Gasteiger partial charge in [-0.2, -0.15) is 0 Å². The number of ketones is 1. The molecule has 0 radical (unpaired) electrons. The second-order valence-electron chi connectivity index (χ2n) is 10.7. The van der Waals surface area contributed by atoms with Crippen LogP contribution < -0.4 is 0 Å². The molecule has 0 unspecified atom stereocenters. The van der Waals surface area contributed by atoms with E-state index in [4.69, 9.17) is 18.9 Å². The highest BCUT2D eigenvalue weighted by Gasteiger charge is 2.44. The van der Waals surface area contributed by atoms with Crippen LogP contribution in [0.4, 0.5) is 0 Å². The van der Waals surface area contributed by atoms with E-state index in [0.717, 1.165) is 0 Å². The number of allylic oxidation sites excluding steroid dienone is 3. The number of aliphatic hydroxyl groups is 2. The predicted octanol–water partition coefficient (Wildman–Crippen LogP) is 2.63. The Balaban J connectivity index is 2.42. The summed E-state index contributed by atoms with van der Waals surface area (Å²) in [5, 5.41) is 22.2. The van der Waals surface area contributed by atoms with E-state index in [0.29, 0.717) is 25.7 Å². The van der Waals surface area contributed by atoms with Crippen molar-refractivity contribution in [3.63, 3.8) is 0 Å². The molecule has 10 atom stereocenters. The Bertz CT molecular complexity index is 784. The maximum atomic E-state index is 12.8. The van der Waals surface area contributed by atoms with E-state index in [9.17, 15) is 19.8 Å². The van der Waals surface area contributed by atoms with Crippen molar-refractivity contribution in [3.8, 4) is 0 Å². The van der Waals surface area contributed by atoms with Gasteiger partial charge in [0.2, 0.25) is 0 Å². The first-order valence-corrected chi connectivity index (χ1v) is 13.4. The predicted molar refractivity (Wildman–Crippen MR) is 140 cm³/mol. The van der Waals surface area contributed by atoms with Crippen LogP contribution in [0.5, 0.6) is 0 Å². The molecule has 2 aliphatic heterocycles. The number of carbonyl (C=O) groups excluding carboxylic acids is 2. The zero-order valence-corrected chi connectivity index (χ0v) is 23.4. The van der Waals surface area contributed by atoms with Crippen molar-refractivity contribution < 1.29 is 38.7 Å². The summed E-state index contributed by atoms with van der Waals surface area (Å²) in [4.78, 5) is 27.3. The lowest BCUT2D eigenvalue weighted by Crippen LogP contribution is -2.57. The number of hydrogen-bond acceptors (Lipinski definition) is 9. The molecule has 0 aromatic heterocycles. The number of carbonyl (C=O) groups is 2. The zero-order valence-electron chi connectivity index (χ0n) is 23.4. The van der Waals surface area contributed by atoms with Crippen LogP contribution in [-0.4, -0.2) is 97.0 Å². The van der Waals surface area contributed by atoms with Crippen LogP contribution in [0.15, 0.2) is 24.3 Å². The molecule has 9 nitrogen and oxygen atoms in total. The van der Waals surface area contributed by atoms with E-state index in [1.54, 1.807) is 25.2 Å². The number of hydrogen-bond donors (Lipinski definition) is 2. The number of rotatable bonds is 5. The van der Waals surface area contributed by atoms with Crippen molar-refractivity contribution >= 4 is 11.8 Å². The third kappa shape index (κ3) is 9.26. The first-order chi connectivity index (χ1) is 17.5. The highest BCUT2D eigenvalue weighted by Crippen LogP contribution is 2.32. The Hall–Kier alpha value is -1.62. The Kier molecular flexibility index (Phi) is 12.9. The highest BCUT2D eigenvalue weighted by molar-refractivity contribution is 5.91. The van der Waals surface area contributed by atoms with Crippen LogP contribution in [-0.2, 0) is 28.5 Å². The van der Waals surface area contributed by atoms with Crippen LogP contribution >= 0.6 is 0 Å². The number of esters is 1. The molecule has 0 aliphatic carbocycles. The average Bonchev–Trinajstić information content (AvgIpc) is 2.82. The maximum absolute atomic E-state index is 12.8. The SMILES string of the molecule is CC[C@H]1C[C@@H](C)C(=O)/C=C/C=C/C[C@@H](C)OC(=O)C[C@@H](O)[C@H](OC)[C@H]1O[C@@H]1O[C@@H](C)C[C@@H](N(C)C)[C@@H]1O. The van der Waals surface area contributed by atoms with E-state index in [1.165, 1.54) is 7.11 Å². The minimum Gasteiger partial charge on any atom is -0.462 e. The van der Waals surface area contributed by atoms with E-state index in [-0.39, 0.29) is 36.2 Å². The molecular weight excluding hydrogens is 478 g/mol. The minimum atomic E-state index is -1.22. The molecule has 0 amide bonds. The number of nitrogens with zero attached hydrogens (tertiary/aromatic N) is 1. The van der Waals surface area contributed by atoms with Gasteiger partial charge < -0.3 is 34.1 Å². The lowest BCUT2D eigenvalue weighted by molar-refractivity contribution is -0.290. The number of ether oxygens (including phenoxy) is 4. The topological polar surface area (TPSA) is 115 Å². The van der Waals surface area contributed by atoms with Crippen LogP contribution in [0.25, 0.3) is 0 Å². The molecular formula is C28H47NO8. The van der Waals surface area contributed by atoms with Gasteiger partial charge in [-0.3, -0.25) is 9.59 Å². The molecule has 2 N–H and O–H groups in total. The molecule has 9 heteroatoms. The van der Waals surface area contributed by atoms with Gasteiger partial charge in [-0.05, 0) is 52.8 Å². The fourth-order valence-corrected chi connectivity index (χ4v) is 5.15. The quantitative estimate of drug-likeness (QED) is 0.523. The molecule has 2 aliphatic rings. The maximum Gasteiger partial charge on any atom is 0.308 e. The van der Waals surface area contributed by atoms with E-state index >= 15 is 0 Å². The van der Waals surface area contributed by atoms with Crippen LogP contribution in [0.1, 0.15) is 59.8 Å². The van der Waals surface area contributed by atoms with Gasteiger partial charge in [0.1, 0.15) is 18.3 Å². The Morgan fingerprint density at radius 2 is 1.76 bits per heavy atom. The molecule has 37 heavy (non-hydrogen) atoms. The molecule has 0 saturated carbocycles. The van der Waals surface area contributed by atoms with Crippen molar-refractivity contribution in [2.24, 2.45) is 11.8 Å². The summed E-state index contributed by atoms with van der Waals surface area (Å²) in [6.07, 6.45) is 3.45. The average molecular weight is 526 g/mol. The fourth-order valence-electron chi connectivity index (χ4n) is 5.15. The molecule has 2 rings (SSSR count). The van der Waals surface area contributed by atoms with Gasteiger partial charge in [-0.1, -0.05) is 38.5 Å². The monoisotopic (exact) mass is 525 g/mol. The van der Waals surface area contributed by atoms with Gasteiger partial charge in [-0.25, -0.2) is 0 Å². The Morgan fingerprint density at radius 3 is 2.38 bits per heavy atom. The molecule has 2 heterocycles. The summed E-state index contributed by atoms with van der Waals surface area (Å²) in [6.45, 7) is 7.54. The summed E-state index contributed by atoms with van der Waals surface area (Å²) in [7, 11) is 5.25. The summed E-state index contributed by atoms with van der Waals surface area (Å²) in [5.74, 6) is -1.09. The van der Waals surface area contributed by atoms with Crippen molar-refractivity contribution in [3.05, 3.63) is 24.3 Å². The molecule has 0 bridgehead atoms. The lowest BCUT2D eigenvalue weighted by atomic mass is 9.83. The molecule has 212 valence electrons. The summed E-state index contributed by atoms with van der Waals surface area (Å²) in [6, 6.07) is -0.180. The van der Waals surface area contributed by atoms with E-state index in [1.807, 2.05) is 45.8 Å². The van der Waals surface area contributed by atoms with Crippen molar-refractivity contribution in [2.75, 3.05) is 21.2 Å². The van der Waals surface area contributed by atoms with Gasteiger partial charge in [0, 0.05) is 25.5 Å². The highest BCUT2D eigenvalue weighted by atomic mass is 16.7. The number of cyclic esters (lactones) is 1. The first kappa shape index (κ1) is 31.6. The normalized spacial score (nSPS) is 40.8. The summed E-state index contributed by atoms with van der Waals surface area (Å²) in [5.41, 5.74) is 0. The van der Waals surface area contributed by atoms with Crippen LogP contribution in [0.3, 0.4) is 0 Å². The molecule has 1 fully saturated rings. The van der Waals surface area contributed by atoms with Crippen LogP contribution in [0.2, 0.25) is 0 Å². The first-order valence-electron chi connectivity index (χ1n) is 13.4. The molecule has 0 spiro atoms. The van der Waals surface area contributed by atoms with Gasteiger partial charge >= 0.3 is 5.97 Å². The van der Waals surface area contributed by atoms with Gasteiger partial charge in [0.05, 0.1) is 24.7 Å². The third-order valence-corrected chi connectivity index (χ3v) is 7.36. The second-order valence-corrected chi connectivity index (χ2v) is 10.7. The number of methoxy groups -OCH3 is 1. The summed E-state index contributed by atoms with van der Waals surface area (Å²) < 4.78 is 23.6. The largest absolute Gasteiger partial charge is 0.462 e. The van der Waals surface area contributed by atoms with Crippen molar-refractivity contribution in [1.82, 2.24) is 4.90 Å². The third-order valence-electron chi connectivity index (χ3n) is 7.36. The fraction of sp³-hybridized carbons (Fsp3) is 0.786. The molecule has 0 aromatic rings.